The van der Waals surface area contributed by atoms with Gasteiger partial charge in [0.15, 0.2) is 0 Å². The number of piperidine rings is 1. The van der Waals surface area contributed by atoms with Crippen LogP contribution < -0.4 is 4.74 Å². The maximum Gasteiger partial charge on any atom is 0.213 e. The van der Waals surface area contributed by atoms with E-state index in [-0.39, 0.29) is 0 Å². The molecule has 2 bridgehead atoms. The molecule has 1 fully saturated rings. The van der Waals surface area contributed by atoms with Crippen molar-refractivity contribution in [2.45, 2.75) is 38.6 Å². The molecule has 2 aliphatic rings. The molecule has 2 aromatic rings. The highest BCUT2D eigenvalue weighted by Gasteiger charge is 2.34. The van der Waals surface area contributed by atoms with Crippen molar-refractivity contribution in [3.63, 3.8) is 0 Å². The molecule has 0 radical (unpaired) electrons. The molecule has 1 saturated heterocycles. The minimum absolute atomic E-state index is 0.321. The van der Waals surface area contributed by atoms with Crippen molar-refractivity contribution in [3.8, 4) is 5.88 Å². The number of fused-ring (bicyclic) bond motifs is 2. The number of ether oxygens (including phenoxy) is 2. The molecule has 26 heavy (non-hydrogen) atoms. The van der Waals surface area contributed by atoms with Crippen LogP contribution in [0.5, 0.6) is 5.88 Å². The number of thiophene rings is 1. The molecule has 0 saturated carbocycles. The highest BCUT2D eigenvalue weighted by Crippen LogP contribution is 2.37. The van der Waals surface area contributed by atoms with E-state index in [1.807, 2.05) is 12.1 Å². The summed E-state index contributed by atoms with van der Waals surface area (Å²) in [6, 6.07) is 8.34. The van der Waals surface area contributed by atoms with Crippen LogP contribution in [-0.2, 0) is 17.7 Å². The normalized spacial score (nSPS) is 21.5. The van der Waals surface area contributed by atoms with Gasteiger partial charge in [0.25, 0.3) is 0 Å². The molecule has 0 unspecified atom stereocenters. The smallest absolute Gasteiger partial charge is 0.213 e. The third kappa shape index (κ3) is 4.64. The van der Waals surface area contributed by atoms with Crippen LogP contribution >= 0.6 is 11.3 Å². The van der Waals surface area contributed by atoms with Gasteiger partial charge in [-0.1, -0.05) is 6.07 Å². The fourth-order valence-corrected chi connectivity index (χ4v) is 4.77. The van der Waals surface area contributed by atoms with Gasteiger partial charge < -0.3 is 9.47 Å². The Kier molecular flexibility index (Phi) is 5.88. The molecular weight excluding hydrogens is 344 g/mol. The van der Waals surface area contributed by atoms with E-state index in [0.29, 0.717) is 18.6 Å². The maximum atomic E-state index is 6.04. The lowest BCUT2D eigenvalue weighted by molar-refractivity contribution is -0.0158. The van der Waals surface area contributed by atoms with Crippen LogP contribution in [-0.4, -0.2) is 42.8 Å². The number of hydrogen-bond acceptors (Lipinski definition) is 5. The molecule has 0 aliphatic carbocycles. The molecule has 2 aromatic heterocycles. The van der Waals surface area contributed by atoms with Gasteiger partial charge in [-0.2, -0.15) is 11.3 Å². The molecule has 1 spiro atoms. The van der Waals surface area contributed by atoms with Crippen molar-refractivity contribution < 1.29 is 9.47 Å². The Morgan fingerprint density at radius 3 is 2.88 bits per heavy atom. The van der Waals surface area contributed by atoms with E-state index < -0.39 is 0 Å². The lowest BCUT2D eigenvalue weighted by Crippen LogP contribution is -2.42. The van der Waals surface area contributed by atoms with E-state index in [1.165, 1.54) is 44.3 Å². The summed E-state index contributed by atoms with van der Waals surface area (Å²) in [4.78, 5) is 7.20. The summed E-state index contributed by atoms with van der Waals surface area (Å²) in [6.07, 6.45) is 5.88. The first-order valence-electron chi connectivity index (χ1n) is 9.71. The van der Waals surface area contributed by atoms with Gasteiger partial charge in [0.05, 0.1) is 13.2 Å². The highest BCUT2D eigenvalue weighted by molar-refractivity contribution is 7.07. The minimum Gasteiger partial charge on any atom is -0.475 e. The first kappa shape index (κ1) is 18.0. The Morgan fingerprint density at radius 2 is 2.04 bits per heavy atom. The number of hydrogen-bond donors (Lipinski definition) is 0. The van der Waals surface area contributed by atoms with Crippen molar-refractivity contribution in [1.29, 1.82) is 0 Å². The minimum atomic E-state index is 0.321. The molecule has 2 aliphatic heterocycles. The first-order chi connectivity index (χ1) is 12.8. The van der Waals surface area contributed by atoms with Crippen molar-refractivity contribution >= 4 is 11.3 Å². The van der Waals surface area contributed by atoms with Gasteiger partial charge in [-0.05, 0) is 79.1 Å². The summed E-state index contributed by atoms with van der Waals surface area (Å²) in [5, 5.41) is 4.44. The van der Waals surface area contributed by atoms with Gasteiger partial charge in [0.1, 0.15) is 6.61 Å². The van der Waals surface area contributed by atoms with Gasteiger partial charge in [-0.25, -0.2) is 4.98 Å². The van der Waals surface area contributed by atoms with Crippen LogP contribution in [0.15, 0.2) is 35.0 Å². The predicted molar refractivity (Wildman–Crippen MR) is 105 cm³/mol. The molecule has 0 aromatic carbocycles. The number of pyridine rings is 1. The van der Waals surface area contributed by atoms with Gasteiger partial charge in [-0.15, -0.1) is 0 Å². The zero-order valence-corrected chi connectivity index (χ0v) is 16.2. The van der Waals surface area contributed by atoms with E-state index in [2.05, 4.69) is 32.8 Å². The van der Waals surface area contributed by atoms with Crippen molar-refractivity contribution in [3.05, 3.63) is 46.3 Å². The fraction of sp³-hybridized carbons (Fsp3) is 0.571. The number of nitrogens with zero attached hydrogens (tertiary/aromatic N) is 2. The van der Waals surface area contributed by atoms with Crippen LogP contribution in [0, 0.1) is 5.41 Å². The molecule has 0 atom stereocenters. The Hall–Kier alpha value is -1.43. The average molecular weight is 373 g/mol. The molecule has 140 valence electrons. The van der Waals surface area contributed by atoms with Crippen LogP contribution in [0.25, 0.3) is 0 Å². The third-order valence-electron chi connectivity index (χ3n) is 5.71. The summed E-state index contributed by atoms with van der Waals surface area (Å²) in [7, 11) is 0. The van der Waals surface area contributed by atoms with Crippen LogP contribution in [0.3, 0.4) is 0 Å². The monoisotopic (exact) mass is 372 g/mol. The van der Waals surface area contributed by atoms with E-state index in [4.69, 9.17) is 9.47 Å². The molecule has 4 heterocycles. The zero-order chi connectivity index (χ0) is 17.7. The Bertz CT molecular complexity index is 681. The summed E-state index contributed by atoms with van der Waals surface area (Å²) in [5.41, 5.74) is 2.92. The van der Waals surface area contributed by atoms with Gasteiger partial charge >= 0.3 is 0 Å². The summed E-state index contributed by atoms with van der Waals surface area (Å²) < 4.78 is 11.8. The van der Waals surface area contributed by atoms with Gasteiger partial charge in [0, 0.05) is 18.3 Å². The quantitative estimate of drug-likeness (QED) is 0.793. The SMILES string of the molecule is c1cc2nc(c1)OCCOCC1(CCC2)CCN(Cc2ccsc2)CC1. The van der Waals surface area contributed by atoms with E-state index in [0.717, 1.165) is 31.1 Å². The average Bonchev–Trinajstić information content (AvgIpc) is 3.16. The highest BCUT2D eigenvalue weighted by atomic mass is 32.1. The van der Waals surface area contributed by atoms with Crippen LogP contribution in [0.2, 0.25) is 0 Å². The van der Waals surface area contributed by atoms with E-state index in [1.54, 1.807) is 11.3 Å². The van der Waals surface area contributed by atoms with Crippen LogP contribution in [0.4, 0.5) is 0 Å². The Morgan fingerprint density at radius 1 is 1.12 bits per heavy atom. The number of rotatable bonds is 2. The van der Waals surface area contributed by atoms with Crippen molar-refractivity contribution in [2.24, 2.45) is 5.41 Å². The molecule has 4 nitrogen and oxygen atoms in total. The number of likely N-dealkylation sites (tertiary alicyclic amines) is 1. The van der Waals surface area contributed by atoms with Crippen molar-refractivity contribution in [1.82, 2.24) is 9.88 Å². The van der Waals surface area contributed by atoms with Crippen LogP contribution in [0.1, 0.15) is 36.9 Å². The van der Waals surface area contributed by atoms with Gasteiger partial charge in [-0.3, -0.25) is 4.90 Å². The summed E-state index contributed by atoms with van der Waals surface area (Å²) in [6.45, 7) is 5.52. The van der Waals surface area contributed by atoms with Crippen molar-refractivity contribution in [2.75, 3.05) is 32.9 Å². The van der Waals surface area contributed by atoms with E-state index in [9.17, 15) is 0 Å². The fourth-order valence-electron chi connectivity index (χ4n) is 4.11. The molecule has 0 N–H and O–H groups in total. The maximum absolute atomic E-state index is 6.04. The molecular formula is C21H28N2O2S. The first-order valence-corrected chi connectivity index (χ1v) is 10.7. The molecule has 0 amide bonds. The standard InChI is InChI=1S/C21H28N2O2S/c1-3-19-4-2-7-21(17-24-12-13-25-20(5-1)22-19)8-10-23(11-9-21)15-18-6-14-26-16-18/h1,3,5-6,14,16H,2,4,7-13,15,17H2. The molecule has 4 rings (SSSR count). The predicted octanol–water partition coefficient (Wildman–Crippen LogP) is 4.16. The largest absolute Gasteiger partial charge is 0.475 e. The summed E-state index contributed by atoms with van der Waals surface area (Å²) in [5.74, 6) is 0.725. The Labute approximate surface area is 160 Å². The Balaban J connectivity index is 1.36. The van der Waals surface area contributed by atoms with E-state index >= 15 is 0 Å². The topological polar surface area (TPSA) is 34.6 Å². The second kappa shape index (κ2) is 8.51. The lowest BCUT2D eigenvalue weighted by Gasteiger charge is -2.42. The lowest BCUT2D eigenvalue weighted by atomic mass is 9.75. The molecule has 5 heteroatoms. The summed E-state index contributed by atoms with van der Waals surface area (Å²) >= 11 is 1.79. The number of aryl methyl sites for hydroxylation is 1. The second-order valence-corrected chi connectivity index (χ2v) is 8.41. The number of aromatic nitrogens is 1. The zero-order valence-electron chi connectivity index (χ0n) is 15.4. The second-order valence-electron chi connectivity index (χ2n) is 7.63. The third-order valence-corrected chi connectivity index (χ3v) is 6.44. The van der Waals surface area contributed by atoms with Gasteiger partial charge in [0.2, 0.25) is 5.88 Å².